The Balaban J connectivity index is 2.40. The van der Waals surface area contributed by atoms with Gasteiger partial charge in [-0.15, -0.1) is 0 Å². The quantitative estimate of drug-likeness (QED) is 0.693. The second-order valence-corrected chi connectivity index (χ2v) is 4.57. The van der Waals surface area contributed by atoms with Crippen LogP contribution in [0.2, 0.25) is 10.0 Å². The number of benzene rings is 1. The summed E-state index contributed by atoms with van der Waals surface area (Å²) in [6, 6.07) is 2.45. The maximum absolute atomic E-state index is 11.9. The fourth-order valence-corrected chi connectivity index (χ4v) is 2.05. The number of halogens is 2. The number of anilines is 1. The van der Waals surface area contributed by atoms with E-state index in [-0.39, 0.29) is 27.0 Å². The Morgan fingerprint density at radius 3 is 2.50 bits per heavy atom. The number of rotatable bonds is 3. The zero-order valence-electron chi connectivity index (χ0n) is 9.66. The van der Waals surface area contributed by atoms with Crippen molar-refractivity contribution in [2.45, 2.75) is 0 Å². The zero-order chi connectivity index (χ0) is 14.9. The van der Waals surface area contributed by atoms with Crippen LogP contribution in [0.4, 0.5) is 5.69 Å². The molecule has 1 heterocycles. The van der Waals surface area contributed by atoms with Crippen molar-refractivity contribution in [3.05, 3.63) is 50.1 Å². The summed E-state index contributed by atoms with van der Waals surface area (Å²) in [5, 5.41) is 11.5. The Kier molecular flexibility index (Phi) is 3.82. The van der Waals surface area contributed by atoms with Gasteiger partial charge in [-0.25, -0.2) is 9.59 Å². The molecule has 0 aliphatic rings. The summed E-state index contributed by atoms with van der Waals surface area (Å²) in [4.78, 5) is 38.4. The van der Waals surface area contributed by atoms with Gasteiger partial charge in [0.2, 0.25) is 0 Å². The van der Waals surface area contributed by atoms with Crippen molar-refractivity contribution in [3.63, 3.8) is 0 Å². The van der Waals surface area contributed by atoms with Crippen LogP contribution in [-0.4, -0.2) is 27.0 Å². The molecule has 0 aliphatic heterocycles. The zero-order valence-corrected chi connectivity index (χ0v) is 11.2. The molecule has 2 rings (SSSR count). The number of carbonyl (C=O) groups is 2. The van der Waals surface area contributed by atoms with E-state index in [4.69, 9.17) is 28.3 Å². The van der Waals surface area contributed by atoms with Crippen LogP contribution in [0.1, 0.15) is 20.8 Å². The number of hydrogen-bond acceptors (Lipinski definition) is 3. The third kappa shape index (κ3) is 2.84. The highest BCUT2D eigenvalue weighted by atomic mass is 35.5. The molecule has 9 heteroatoms. The van der Waals surface area contributed by atoms with Gasteiger partial charge in [0.1, 0.15) is 5.69 Å². The molecule has 0 saturated heterocycles. The van der Waals surface area contributed by atoms with E-state index in [1.165, 1.54) is 6.07 Å². The number of carbonyl (C=O) groups excluding carboxylic acids is 1. The van der Waals surface area contributed by atoms with Crippen LogP contribution in [0.3, 0.4) is 0 Å². The first-order chi connectivity index (χ1) is 9.38. The number of aromatic amines is 2. The molecule has 0 aliphatic carbocycles. The van der Waals surface area contributed by atoms with Crippen molar-refractivity contribution in [3.8, 4) is 0 Å². The highest BCUT2D eigenvalue weighted by Gasteiger charge is 2.18. The van der Waals surface area contributed by atoms with Crippen molar-refractivity contribution in [2.75, 3.05) is 5.32 Å². The third-order valence-corrected chi connectivity index (χ3v) is 2.88. The molecule has 0 fully saturated rings. The number of H-pyrrole nitrogens is 2. The summed E-state index contributed by atoms with van der Waals surface area (Å²) < 4.78 is 0. The van der Waals surface area contributed by atoms with Gasteiger partial charge in [0.25, 0.3) is 5.91 Å². The minimum Gasteiger partial charge on any atom is -0.478 e. The molecule has 0 atom stereocenters. The van der Waals surface area contributed by atoms with Gasteiger partial charge in [-0.2, -0.15) is 0 Å². The van der Waals surface area contributed by atoms with Crippen LogP contribution in [0, 0.1) is 0 Å². The van der Waals surface area contributed by atoms with Crippen LogP contribution in [0.25, 0.3) is 0 Å². The summed E-state index contributed by atoms with van der Waals surface area (Å²) in [6.07, 6.45) is 1.15. The molecule has 7 nitrogen and oxygen atoms in total. The van der Waals surface area contributed by atoms with Crippen LogP contribution in [-0.2, 0) is 0 Å². The monoisotopic (exact) mass is 315 g/mol. The number of carboxylic acid groups (broad SMARTS) is 1. The number of carboxylic acids is 1. The predicted molar refractivity (Wildman–Crippen MR) is 72.8 cm³/mol. The number of aromatic carboxylic acids is 1. The van der Waals surface area contributed by atoms with E-state index in [0.717, 1.165) is 12.3 Å². The maximum Gasteiger partial charge on any atom is 0.337 e. The van der Waals surface area contributed by atoms with Crippen molar-refractivity contribution >= 4 is 40.8 Å². The molecule has 104 valence electrons. The van der Waals surface area contributed by atoms with Crippen LogP contribution in [0.15, 0.2) is 23.1 Å². The average Bonchev–Trinajstić information content (AvgIpc) is 2.78. The van der Waals surface area contributed by atoms with Gasteiger partial charge in [0.15, 0.2) is 0 Å². The standard InChI is InChI=1S/C11H7Cl2N3O4/c12-4-1-5(10(18)19)8(6(13)2-4)16-9(17)7-3-14-11(20)15-7/h1-3H,(H,16,17)(H,18,19)(H2,14,15,20). The minimum atomic E-state index is -1.30. The molecule has 1 amide bonds. The van der Waals surface area contributed by atoms with E-state index in [0.29, 0.717) is 0 Å². The summed E-state index contributed by atoms with van der Waals surface area (Å²) in [5.74, 6) is -2.01. The lowest BCUT2D eigenvalue weighted by Gasteiger charge is -2.10. The topological polar surface area (TPSA) is 115 Å². The number of imidazole rings is 1. The van der Waals surface area contributed by atoms with Gasteiger partial charge in [-0.3, -0.25) is 4.79 Å². The predicted octanol–water partition coefficient (Wildman–Crippen LogP) is 1.96. The van der Waals surface area contributed by atoms with E-state index >= 15 is 0 Å². The van der Waals surface area contributed by atoms with Crippen LogP contribution < -0.4 is 11.0 Å². The Hall–Kier alpha value is -2.25. The molecule has 0 unspecified atom stereocenters. The second kappa shape index (κ2) is 5.40. The van der Waals surface area contributed by atoms with Gasteiger partial charge in [-0.1, -0.05) is 23.2 Å². The summed E-state index contributed by atoms with van der Waals surface area (Å²) >= 11 is 11.6. The summed E-state index contributed by atoms with van der Waals surface area (Å²) in [7, 11) is 0. The van der Waals surface area contributed by atoms with Crippen molar-refractivity contribution in [2.24, 2.45) is 0 Å². The smallest absolute Gasteiger partial charge is 0.337 e. The van der Waals surface area contributed by atoms with Crippen molar-refractivity contribution in [1.29, 1.82) is 0 Å². The first-order valence-electron chi connectivity index (χ1n) is 5.20. The molecular formula is C11H7Cl2N3O4. The number of hydrogen-bond donors (Lipinski definition) is 4. The Bertz CT molecular complexity index is 750. The molecule has 4 N–H and O–H groups in total. The van der Waals surface area contributed by atoms with Crippen LogP contribution >= 0.6 is 23.2 Å². The lowest BCUT2D eigenvalue weighted by molar-refractivity contribution is 0.0698. The highest BCUT2D eigenvalue weighted by Crippen LogP contribution is 2.30. The molecular weight excluding hydrogens is 309 g/mol. The van der Waals surface area contributed by atoms with E-state index in [1.54, 1.807) is 0 Å². The van der Waals surface area contributed by atoms with E-state index in [2.05, 4.69) is 15.3 Å². The van der Waals surface area contributed by atoms with Crippen molar-refractivity contribution < 1.29 is 14.7 Å². The van der Waals surface area contributed by atoms with E-state index in [1.807, 2.05) is 0 Å². The van der Waals surface area contributed by atoms with Crippen LogP contribution in [0.5, 0.6) is 0 Å². The second-order valence-electron chi connectivity index (χ2n) is 3.73. The fourth-order valence-electron chi connectivity index (χ4n) is 1.50. The third-order valence-electron chi connectivity index (χ3n) is 2.36. The SMILES string of the molecule is O=C(Nc1c(Cl)cc(Cl)cc1C(=O)O)c1c[nH]c(=O)[nH]1. The Morgan fingerprint density at radius 1 is 1.25 bits per heavy atom. The van der Waals surface area contributed by atoms with Gasteiger partial charge >= 0.3 is 11.7 Å². The molecule has 0 saturated carbocycles. The molecule has 0 radical (unpaired) electrons. The van der Waals surface area contributed by atoms with Gasteiger partial charge < -0.3 is 20.4 Å². The first kappa shape index (κ1) is 14.2. The molecule has 20 heavy (non-hydrogen) atoms. The van der Waals surface area contributed by atoms with E-state index < -0.39 is 17.6 Å². The average molecular weight is 316 g/mol. The molecule has 2 aromatic rings. The summed E-state index contributed by atoms with van der Waals surface area (Å²) in [5.41, 5.74) is -0.975. The summed E-state index contributed by atoms with van der Waals surface area (Å²) in [6.45, 7) is 0. The first-order valence-corrected chi connectivity index (χ1v) is 5.95. The molecule has 0 spiro atoms. The maximum atomic E-state index is 11.9. The highest BCUT2D eigenvalue weighted by molar-refractivity contribution is 6.38. The molecule has 1 aromatic carbocycles. The Morgan fingerprint density at radius 2 is 1.95 bits per heavy atom. The normalized spacial score (nSPS) is 10.3. The minimum absolute atomic E-state index is 0.0267. The number of aromatic nitrogens is 2. The lowest BCUT2D eigenvalue weighted by atomic mass is 10.1. The lowest BCUT2D eigenvalue weighted by Crippen LogP contribution is -2.16. The van der Waals surface area contributed by atoms with Crippen molar-refractivity contribution in [1.82, 2.24) is 9.97 Å². The number of amides is 1. The number of nitrogens with one attached hydrogen (secondary N) is 3. The van der Waals surface area contributed by atoms with Gasteiger partial charge in [-0.05, 0) is 12.1 Å². The van der Waals surface area contributed by atoms with Gasteiger partial charge in [0.05, 0.1) is 16.3 Å². The molecule has 1 aromatic heterocycles. The largest absolute Gasteiger partial charge is 0.478 e. The molecule has 0 bridgehead atoms. The van der Waals surface area contributed by atoms with Gasteiger partial charge in [0, 0.05) is 11.2 Å². The fraction of sp³-hybridized carbons (Fsp3) is 0. The Labute approximate surface area is 121 Å². The van der Waals surface area contributed by atoms with E-state index in [9.17, 15) is 14.4 Å².